The Morgan fingerprint density at radius 1 is 1.14 bits per heavy atom. The molecule has 0 radical (unpaired) electrons. The van der Waals surface area contributed by atoms with E-state index >= 15 is 0 Å². The van der Waals surface area contributed by atoms with Crippen molar-refractivity contribution in [3.8, 4) is 0 Å². The molecule has 5 rings (SSSR count). The molecule has 1 saturated carbocycles. The van der Waals surface area contributed by atoms with Crippen molar-refractivity contribution < 1.29 is 9.53 Å². The van der Waals surface area contributed by atoms with Crippen molar-refractivity contribution in [2.75, 3.05) is 18.6 Å². The van der Waals surface area contributed by atoms with Crippen LogP contribution in [0.1, 0.15) is 35.8 Å². The summed E-state index contributed by atoms with van der Waals surface area (Å²) in [6.07, 6.45) is 5.77. The van der Waals surface area contributed by atoms with E-state index in [4.69, 9.17) is 4.74 Å². The normalized spacial score (nSPS) is 21.7. The zero-order valence-corrected chi connectivity index (χ0v) is 16.6. The Hall–Kier alpha value is -2.92. The zero-order chi connectivity index (χ0) is 19.8. The summed E-state index contributed by atoms with van der Waals surface area (Å²) in [6.45, 7) is 1.55. The van der Waals surface area contributed by atoms with Gasteiger partial charge in [0.2, 0.25) is 5.91 Å². The summed E-state index contributed by atoms with van der Waals surface area (Å²) >= 11 is 0. The highest BCUT2D eigenvalue weighted by atomic mass is 16.5. The maximum Gasteiger partial charge on any atom is 0.230 e. The van der Waals surface area contributed by atoms with Crippen LogP contribution in [0.25, 0.3) is 0 Å². The maximum atomic E-state index is 12.5. The number of hydrogen-bond acceptors (Lipinski definition) is 3. The average molecular weight is 387 g/mol. The molecule has 1 aliphatic carbocycles. The summed E-state index contributed by atoms with van der Waals surface area (Å²) in [7, 11) is 1.73. The molecule has 148 valence electrons. The molecule has 5 heteroatoms. The summed E-state index contributed by atoms with van der Waals surface area (Å²) in [5.74, 6) is 1.23. The zero-order valence-electron chi connectivity index (χ0n) is 16.6. The second-order valence-corrected chi connectivity index (χ2v) is 8.02. The molecule has 0 bridgehead atoms. The second-order valence-electron chi connectivity index (χ2n) is 8.02. The first-order valence-corrected chi connectivity index (χ1v) is 10.2. The van der Waals surface area contributed by atoms with E-state index in [0.29, 0.717) is 18.4 Å². The van der Waals surface area contributed by atoms with Crippen LogP contribution >= 0.6 is 0 Å². The van der Waals surface area contributed by atoms with Gasteiger partial charge >= 0.3 is 0 Å². The predicted molar refractivity (Wildman–Crippen MR) is 112 cm³/mol. The number of carbonyl (C=O) groups is 1. The van der Waals surface area contributed by atoms with Crippen molar-refractivity contribution in [2.24, 2.45) is 11.8 Å². The number of hydrogen-bond donors (Lipinski definition) is 0. The van der Waals surface area contributed by atoms with Crippen LogP contribution in [0.4, 0.5) is 5.69 Å². The number of fused-ring (bicyclic) bond motifs is 1. The van der Waals surface area contributed by atoms with Crippen LogP contribution in [-0.4, -0.2) is 29.1 Å². The SMILES string of the molecule is COC(c1ccccc1)c1cncn1Cc1ccc(N2CCC3C[C@H]3C2=O)cc1. The summed E-state index contributed by atoms with van der Waals surface area (Å²) in [4.78, 5) is 18.8. The van der Waals surface area contributed by atoms with Gasteiger partial charge in [0.25, 0.3) is 0 Å². The van der Waals surface area contributed by atoms with Crippen LogP contribution in [0.5, 0.6) is 0 Å². The molecule has 2 heterocycles. The lowest BCUT2D eigenvalue weighted by atomic mass is 10.1. The van der Waals surface area contributed by atoms with Gasteiger partial charge in [0, 0.05) is 31.8 Å². The van der Waals surface area contributed by atoms with E-state index in [1.807, 2.05) is 35.6 Å². The lowest BCUT2D eigenvalue weighted by Gasteiger charge is -2.26. The molecule has 2 aliphatic rings. The largest absolute Gasteiger partial charge is 0.370 e. The highest BCUT2D eigenvalue weighted by Crippen LogP contribution is 2.46. The third kappa shape index (κ3) is 3.47. The van der Waals surface area contributed by atoms with E-state index in [1.165, 1.54) is 5.56 Å². The second kappa shape index (κ2) is 7.48. The van der Waals surface area contributed by atoms with Crippen LogP contribution in [0, 0.1) is 11.8 Å². The number of methoxy groups -OCH3 is 1. The molecule has 1 aliphatic heterocycles. The summed E-state index contributed by atoms with van der Waals surface area (Å²) in [6, 6.07) is 18.5. The first kappa shape index (κ1) is 18.1. The fourth-order valence-corrected chi connectivity index (χ4v) is 4.45. The van der Waals surface area contributed by atoms with Crippen LogP contribution < -0.4 is 4.90 Å². The Labute approximate surface area is 170 Å². The number of carbonyl (C=O) groups excluding carboxylic acids is 1. The van der Waals surface area contributed by atoms with Crippen molar-refractivity contribution in [1.29, 1.82) is 0 Å². The minimum Gasteiger partial charge on any atom is -0.370 e. The number of aromatic nitrogens is 2. The maximum absolute atomic E-state index is 12.5. The fourth-order valence-electron chi connectivity index (χ4n) is 4.45. The smallest absolute Gasteiger partial charge is 0.230 e. The number of benzene rings is 2. The van der Waals surface area contributed by atoms with Crippen molar-refractivity contribution in [1.82, 2.24) is 9.55 Å². The number of piperidine rings is 1. The number of anilines is 1. The minimum absolute atomic E-state index is 0.157. The van der Waals surface area contributed by atoms with Crippen molar-refractivity contribution in [3.63, 3.8) is 0 Å². The highest BCUT2D eigenvalue weighted by molar-refractivity contribution is 5.97. The van der Waals surface area contributed by atoms with E-state index < -0.39 is 0 Å². The van der Waals surface area contributed by atoms with Crippen LogP contribution in [0.3, 0.4) is 0 Å². The first-order chi connectivity index (χ1) is 14.2. The van der Waals surface area contributed by atoms with Gasteiger partial charge in [0.05, 0.1) is 18.2 Å². The first-order valence-electron chi connectivity index (χ1n) is 10.2. The van der Waals surface area contributed by atoms with Gasteiger partial charge < -0.3 is 14.2 Å². The van der Waals surface area contributed by atoms with Gasteiger partial charge in [0.1, 0.15) is 6.10 Å². The quantitative estimate of drug-likeness (QED) is 0.641. The van der Waals surface area contributed by atoms with Crippen molar-refractivity contribution >= 4 is 11.6 Å². The predicted octanol–water partition coefficient (Wildman–Crippen LogP) is 4.04. The Morgan fingerprint density at radius 3 is 2.69 bits per heavy atom. The van der Waals surface area contributed by atoms with Gasteiger partial charge in [-0.15, -0.1) is 0 Å². The molecule has 5 nitrogen and oxygen atoms in total. The average Bonchev–Trinajstić information content (AvgIpc) is 3.43. The molecular weight excluding hydrogens is 362 g/mol. The molecule has 2 fully saturated rings. The van der Waals surface area contributed by atoms with Crippen molar-refractivity contribution in [3.05, 3.63) is 83.9 Å². The van der Waals surface area contributed by atoms with Gasteiger partial charge in [0.15, 0.2) is 0 Å². The summed E-state index contributed by atoms with van der Waals surface area (Å²) in [5.41, 5.74) is 4.31. The number of rotatable bonds is 6. The molecule has 0 N–H and O–H groups in total. The van der Waals surface area contributed by atoms with Crippen LogP contribution in [0.15, 0.2) is 67.1 Å². The molecule has 1 aromatic heterocycles. The lowest BCUT2D eigenvalue weighted by Crippen LogP contribution is -2.37. The third-order valence-electron chi connectivity index (χ3n) is 6.18. The van der Waals surface area contributed by atoms with Gasteiger partial charge in [-0.05, 0) is 42.0 Å². The molecule has 0 spiro atoms. The van der Waals surface area contributed by atoms with E-state index in [0.717, 1.165) is 36.3 Å². The Balaban J connectivity index is 1.34. The van der Waals surface area contributed by atoms with E-state index in [2.05, 4.69) is 45.9 Å². The highest BCUT2D eigenvalue weighted by Gasteiger charge is 2.48. The van der Waals surface area contributed by atoms with Gasteiger partial charge in [-0.25, -0.2) is 4.98 Å². The van der Waals surface area contributed by atoms with Crippen LogP contribution in [-0.2, 0) is 16.1 Å². The minimum atomic E-state index is -0.157. The Morgan fingerprint density at radius 2 is 1.93 bits per heavy atom. The molecule has 1 amide bonds. The fraction of sp³-hybridized carbons (Fsp3) is 0.333. The standard InChI is InChI=1S/C24H25N3O2/c1-29-23(18-5-3-2-4-6-18)22-14-25-16-26(22)15-17-7-9-20(10-8-17)27-12-11-19-13-21(19)24(27)28/h2-10,14,16,19,21,23H,11-13,15H2,1H3/t19?,21-,23?/m1/s1. The molecule has 2 unspecified atom stereocenters. The van der Waals surface area contributed by atoms with Gasteiger partial charge in [-0.1, -0.05) is 42.5 Å². The summed E-state index contributed by atoms with van der Waals surface area (Å²) < 4.78 is 7.90. The van der Waals surface area contributed by atoms with E-state index in [-0.39, 0.29) is 12.0 Å². The Bertz CT molecular complexity index is 996. The van der Waals surface area contributed by atoms with E-state index in [9.17, 15) is 4.79 Å². The number of amides is 1. The van der Waals surface area contributed by atoms with Crippen LogP contribution in [0.2, 0.25) is 0 Å². The lowest BCUT2D eigenvalue weighted by molar-refractivity contribution is -0.120. The van der Waals surface area contributed by atoms with Crippen molar-refractivity contribution in [2.45, 2.75) is 25.5 Å². The molecule has 1 saturated heterocycles. The topological polar surface area (TPSA) is 47.4 Å². The number of ether oxygens (including phenoxy) is 1. The monoisotopic (exact) mass is 387 g/mol. The van der Waals surface area contributed by atoms with Gasteiger partial charge in [-0.2, -0.15) is 0 Å². The number of imidazole rings is 1. The van der Waals surface area contributed by atoms with E-state index in [1.54, 1.807) is 7.11 Å². The molecular formula is C24H25N3O2. The van der Waals surface area contributed by atoms with Gasteiger partial charge in [-0.3, -0.25) is 4.79 Å². The number of nitrogens with zero attached hydrogens (tertiary/aromatic N) is 3. The third-order valence-corrected chi connectivity index (χ3v) is 6.18. The molecule has 2 aromatic carbocycles. The Kier molecular flexibility index (Phi) is 4.68. The molecule has 3 aromatic rings. The summed E-state index contributed by atoms with van der Waals surface area (Å²) in [5, 5.41) is 0. The molecule has 3 atom stereocenters. The molecule has 29 heavy (non-hydrogen) atoms.